The highest BCUT2D eigenvalue weighted by atomic mass is 32.1. The van der Waals surface area contributed by atoms with Crippen LogP contribution in [0.4, 0.5) is 4.39 Å². The van der Waals surface area contributed by atoms with Crippen LogP contribution in [-0.4, -0.2) is 75.5 Å². The molecule has 4 heterocycles. The third kappa shape index (κ3) is 4.70. The van der Waals surface area contributed by atoms with Gasteiger partial charge in [-0.3, -0.25) is 0 Å². The molecule has 4 aliphatic rings. The molecule has 190 valence electrons. The first kappa shape index (κ1) is 24.0. The zero-order valence-corrected chi connectivity index (χ0v) is 21.1. The van der Waals surface area contributed by atoms with Crippen molar-refractivity contribution in [3.8, 4) is 0 Å². The summed E-state index contributed by atoms with van der Waals surface area (Å²) in [6.07, 6.45) is 3.95. The monoisotopic (exact) mass is 502 g/mol. The molecular formula is C27H35FN2O4S. The summed E-state index contributed by atoms with van der Waals surface area (Å²) in [6, 6.07) is 8.74. The minimum Gasteiger partial charge on any atom is -0.343 e. The molecule has 1 unspecified atom stereocenters. The Balaban J connectivity index is 0.959. The number of hydrogen-bond donors (Lipinski definition) is 0. The lowest BCUT2D eigenvalue weighted by Crippen LogP contribution is -2.47. The van der Waals surface area contributed by atoms with E-state index in [1.54, 1.807) is 12.1 Å². The number of piperazine rings is 1. The first-order chi connectivity index (χ1) is 17.2. The third-order valence-electron chi connectivity index (χ3n) is 8.08. The van der Waals surface area contributed by atoms with Crippen LogP contribution in [0.15, 0.2) is 35.7 Å². The van der Waals surface area contributed by atoms with Crippen LogP contribution in [0.2, 0.25) is 0 Å². The van der Waals surface area contributed by atoms with Crippen LogP contribution < -0.4 is 0 Å². The molecule has 0 N–H and O–H groups in total. The molecule has 1 spiro atoms. The van der Waals surface area contributed by atoms with E-state index in [0.29, 0.717) is 32.3 Å². The van der Waals surface area contributed by atoms with Crippen molar-refractivity contribution in [2.45, 2.75) is 37.3 Å². The van der Waals surface area contributed by atoms with Crippen LogP contribution >= 0.6 is 11.3 Å². The fourth-order valence-electron chi connectivity index (χ4n) is 6.22. The van der Waals surface area contributed by atoms with Crippen LogP contribution in [0.5, 0.6) is 0 Å². The second-order valence-corrected chi connectivity index (χ2v) is 11.1. The van der Waals surface area contributed by atoms with E-state index in [-0.39, 0.29) is 5.82 Å². The SMILES string of the molecule is Fc1ccc(C2(CCCN3CCN(CCC4Cc5sccc5C45OCCO5)CC3)OCCO2)cc1. The topological polar surface area (TPSA) is 43.4 Å². The molecule has 1 aromatic heterocycles. The number of rotatable bonds is 8. The molecule has 1 atom stereocenters. The second-order valence-electron chi connectivity index (χ2n) is 10.1. The molecule has 8 heteroatoms. The average Bonchev–Trinajstić information content (AvgIpc) is 3.67. The molecule has 2 aromatic rings. The van der Waals surface area contributed by atoms with Crippen molar-refractivity contribution in [1.29, 1.82) is 0 Å². The number of hydrogen-bond acceptors (Lipinski definition) is 7. The molecule has 1 aromatic carbocycles. The quantitative estimate of drug-likeness (QED) is 0.545. The van der Waals surface area contributed by atoms with Gasteiger partial charge < -0.3 is 28.7 Å². The molecule has 1 aliphatic carbocycles. The number of thiophene rings is 1. The van der Waals surface area contributed by atoms with Crippen LogP contribution in [0.1, 0.15) is 35.3 Å². The Morgan fingerprint density at radius 1 is 0.857 bits per heavy atom. The van der Waals surface area contributed by atoms with Gasteiger partial charge in [-0.1, -0.05) is 12.1 Å². The normalized spacial score (nSPS) is 26.0. The van der Waals surface area contributed by atoms with E-state index in [9.17, 15) is 4.39 Å². The van der Waals surface area contributed by atoms with Crippen molar-refractivity contribution in [2.75, 3.05) is 65.7 Å². The maximum absolute atomic E-state index is 13.4. The number of benzene rings is 1. The van der Waals surface area contributed by atoms with Crippen molar-refractivity contribution in [3.05, 3.63) is 57.5 Å². The van der Waals surface area contributed by atoms with E-state index in [1.807, 2.05) is 11.3 Å². The molecule has 0 amide bonds. The maximum atomic E-state index is 13.4. The Kier molecular flexibility index (Phi) is 6.96. The molecule has 0 bridgehead atoms. The fraction of sp³-hybridized carbons (Fsp3) is 0.630. The summed E-state index contributed by atoms with van der Waals surface area (Å²) in [6.45, 7) is 9.05. The predicted octanol–water partition coefficient (Wildman–Crippen LogP) is 3.95. The first-order valence-corrected chi connectivity index (χ1v) is 13.9. The van der Waals surface area contributed by atoms with Crippen molar-refractivity contribution >= 4 is 11.3 Å². The van der Waals surface area contributed by atoms with Gasteiger partial charge in [0.25, 0.3) is 0 Å². The second kappa shape index (κ2) is 10.2. The van der Waals surface area contributed by atoms with Crippen LogP contribution in [0, 0.1) is 11.7 Å². The van der Waals surface area contributed by atoms with Crippen molar-refractivity contribution in [1.82, 2.24) is 9.80 Å². The average molecular weight is 503 g/mol. The molecule has 3 fully saturated rings. The van der Waals surface area contributed by atoms with E-state index < -0.39 is 11.6 Å². The molecule has 6 nitrogen and oxygen atoms in total. The lowest BCUT2D eigenvalue weighted by Gasteiger charge is -2.37. The standard InChI is InChI=1S/C27H35FN2O4S/c28-23-4-2-21(3-5-23)26(31-15-16-32-26)8-1-9-29-11-13-30(14-12-29)10-6-22-20-25-24(7-19-35-25)27(22)33-17-18-34-27/h2-5,7,19,22H,1,6,8-18,20H2. The summed E-state index contributed by atoms with van der Waals surface area (Å²) in [5.74, 6) is -1.03. The Hall–Kier alpha value is -1.39. The minimum atomic E-state index is -0.723. The minimum absolute atomic E-state index is 0.234. The summed E-state index contributed by atoms with van der Waals surface area (Å²) in [4.78, 5) is 6.58. The molecule has 6 rings (SSSR count). The van der Waals surface area contributed by atoms with Gasteiger partial charge in [0, 0.05) is 54.5 Å². The third-order valence-corrected chi connectivity index (χ3v) is 9.03. The summed E-state index contributed by atoms with van der Waals surface area (Å²) in [7, 11) is 0. The van der Waals surface area contributed by atoms with Gasteiger partial charge in [0.05, 0.1) is 26.4 Å². The Labute approximate surface area is 210 Å². The Bertz CT molecular complexity index is 979. The fourth-order valence-corrected chi connectivity index (χ4v) is 7.23. The van der Waals surface area contributed by atoms with E-state index in [0.717, 1.165) is 70.5 Å². The van der Waals surface area contributed by atoms with E-state index in [4.69, 9.17) is 18.9 Å². The number of ether oxygens (including phenoxy) is 4. The van der Waals surface area contributed by atoms with Gasteiger partial charge in [0.15, 0.2) is 11.6 Å². The number of nitrogens with zero attached hydrogens (tertiary/aromatic N) is 2. The zero-order valence-electron chi connectivity index (χ0n) is 20.3. The lowest BCUT2D eigenvalue weighted by molar-refractivity contribution is -0.198. The summed E-state index contributed by atoms with van der Waals surface area (Å²) < 4.78 is 37.8. The highest BCUT2D eigenvalue weighted by Gasteiger charge is 2.52. The Morgan fingerprint density at radius 2 is 1.51 bits per heavy atom. The molecule has 0 saturated carbocycles. The van der Waals surface area contributed by atoms with Gasteiger partial charge >= 0.3 is 0 Å². The van der Waals surface area contributed by atoms with Crippen molar-refractivity contribution in [3.63, 3.8) is 0 Å². The lowest BCUT2D eigenvalue weighted by atomic mass is 9.95. The van der Waals surface area contributed by atoms with Gasteiger partial charge in [0.2, 0.25) is 0 Å². The van der Waals surface area contributed by atoms with Crippen molar-refractivity contribution < 1.29 is 23.3 Å². The van der Waals surface area contributed by atoms with Crippen LogP contribution in [0.3, 0.4) is 0 Å². The molecule has 3 saturated heterocycles. The number of fused-ring (bicyclic) bond motifs is 2. The maximum Gasteiger partial charge on any atom is 0.199 e. The van der Waals surface area contributed by atoms with Crippen molar-refractivity contribution in [2.24, 2.45) is 5.92 Å². The van der Waals surface area contributed by atoms with Gasteiger partial charge in [0.1, 0.15) is 5.82 Å². The van der Waals surface area contributed by atoms with Gasteiger partial charge in [-0.15, -0.1) is 11.3 Å². The van der Waals surface area contributed by atoms with Crippen LogP contribution in [-0.2, 0) is 36.9 Å². The van der Waals surface area contributed by atoms with Gasteiger partial charge in [-0.25, -0.2) is 4.39 Å². The molecule has 3 aliphatic heterocycles. The zero-order chi connectivity index (χ0) is 23.7. The smallest absolute Gasteiger partial charge is 0.199 e. The van der Waals surface area contributed by atoms with Gasteiger partial charge in [-0.05, 0) is 55.9 Å². The summed E-state index contributed by atoms with van der Waals surface area (Å²) in [5.41, 5.74) is 2.19. The number of halogens is 1. The van der Waals surface area contributed by atoms with Gasteiger partial charge in [-0.2, -0.15) is 0 Å². The summed E-state index contributed by atoms with van der Waals surface area (Å²) in [5, 5.41) is 2.17. The molecule has 0 radical (unpaired) electrons. The highest BCUT2D eigenvalue weighted by molar-refractivity contribution is 7.10. The van der Waals surface area contributed by atoms with E-state index in [1.165, 1.54) is 22.6 Å². The largest absolute Gasteiger partial charge is 0.343 e. The van der Waals surface area contributed by atoms with E-state index >= 15 is 0 Å². The summed E-state index contributed by atoms with van der Waals surface area (Å²) >= 11 is 1.84. The highest BCUT2D eigenvalue weighted by Crippen LogP contribution is 2.50. The first-order valence-electron chi connectivity index (χ1n) is 13.0. The van der Waals surface area contributed by atoms with E-state index in [2.05, 4.69) is 21.2 Å². The van der Waals surface area contributed by atoms with Crippen LogP contribution in [0.25, 0.3) is 0 Å². The predicted molar refractivity (Wildman–Crippen MR) is 132 cm³/mol. The molecular weight excluding hydrogens is 467 g/mol. The molecule has 35 heavy (non-hydrogen) atoms. The Morgan fingerprint density at radius 3 is 2.23 bits per heavy atom.